The Balaban J connectivity index is 2.01. The van der Waals surface area contributed by atoms with Crippen LogP contribution in [0.25, 0.3) is 0 Å². The third-order valence-corrected chi connectivity index (χ3v) is 4.39. The molecule has 124 valence electrons. The fourth-order valence-electron chi connectivity index (χ4n) is 3.30. The molecule has 3 rings (SSSR count). The second-order valence-corrected chi connectivity index (χ2v) is 5.84. The zero-order valence-corrected chi connectivity index (χ0v) is 13.0. The summed E-state index contributed by atoms with van der Waals surface area (Å²) in [7, 11) is 1.59. The normalized spacial score (nSPS) is 23.0. The summed E-state index contributed by atoms with van der Waals surface area (Å²) in [4.78, 5) is 16.8. The van der Waals surface area contributed by atoms with E-state index in [1.807, 2.05) is 30.3 Å². The predicted molar refractivity (Wildman–Crippen MR) is 86.4 cm³/mol. The molecule has 0 aliphatic heterocycles. The summed E-state index contributed by atoms with van der Waals surface area (Å²) in [5.74, 6) is -0.977. The average molecular weight is 331 g/mol. The Hall–Kier alpha value is -2.43. The fourth-order valence-corrected chi connectivity index (χ4v) is 3.30. The smallest absolute Gasteiger partial charge is 0.299 e. The maximum Gasteiger partial charge on any atom is 0.416 e. The number of carbonyl (C=O) groups excluding carboxylic acids is 1. The number of benzene rings is 2. The topological polar surface area (TPSA) is 29.4 Å². The zero-order chi connectivity index (χ0) is 17.3. The number of aliphatic imine (C=N–C) groups is 1. The lowest BCUT2D eigenvalue weighted by Gasteiger charge is -2.16. The van der Waals surface area contributed by atoms with Crippen LogP contribution in [0.15, 0.2) is 59.6 Å². The van der Waals surface area contributed by atoms with Gasteiger partial charge in [-0.1, -0.05) is 48.5 Å². The second kappa shape index (κ2) is 6.23. The molecule has 2 nitrogen and oxygen atoms in total. The third kappa shape index (κ3) is 2.98. The van der Waals surface area contributed by atoms with Crippen LogP contribution in [0.3, 0.4) is 0 Å². The molecule has 0 saturated heterocycles. The zero-order valence-electron chi connectivity index (χ0n) is 13.0. The molecule has 2 aromatic rings. The molecule has 0 N–H and O–H groups in total. The largest absolute Gasteiger partial charge is 0.416 e. The van der Waals surface area contributed by atoms with Crippen LogP contribution in [0.2, 0.25) is 0 Å². The number of ketones is 1. The molecule has 2 unspecified atom stereocenters. The Labute approximate surface area is 138 Å². The minimum atomic E-state index is -4.43. The minimum Gasteiger partial charge on any atom is -0.299 e. The van der Waals surface area contributed by atoms with Crippen LogP contribution in [0, 0.1) is 0 Å². The van der Waals surface area contributed by atoms with Crippen LogP contribution in [-0.2, 0) is 11.0 Å². The van der Waals surface area contributed by atoms with Gasteiger partial charge in [0.25, 0.3) is 0 Å². The van der Waals surface area contributed by atoms with E-state index in [-0.39, 0.29) is 18.1 Å². The first-order chi connectivity index (χ1) is 11.4. The van der Waals surface area contributed by atoms with Crippen molar-refractivity contribution in [3.63, 3.8) is 0 Å². The van der Waals surface area contributed by atoms with Gasteiger partial charge in [-0.05, 0) is 17.2 Å². The molecule has 2 aromatic carbocycles. The Kier molecular flexibility index (Phi) is 4.26. The van der Waals surface area contributed by atoms with Crippen LogP contribution in [0.1, 0.15) is 34.9 Å². The van der Waals surface area contributed by atoms with E-state index in [1.165, 1.54) is 6.07 Å². The van der Waals surface area contributed by atoms with Gasteiger partial charge in [0.1, 0.15) is 5.78 Å². The average Bonchev–Trinajstić information content (AvgIpc) is 2.91. The molecule has 1 aliphatic carbocycles. The maximum atomic E-state index is 13.0. The Morgan fingerprint density at radius 2 is 1.67 bits per heavy atom. The summed E-state index contributed by atoms with van der Waals surface area (Å²) in [5, 5.41) is 0. The minimum absolute atomic E-state index is 0.0937. The fraction of sp³-hybridized carbons (Fsp3) is 0.263. The highest BCUT2D eigenvalue weighted by molar-refractivity contribution is 6.19. The summed E-state index contributed by atoms with van der Waals surface area (Å²) in [6.45, 7) is 0. The van der Waals surface area contributed by atoms with Crippen LogP contribution >= 0.6 is 0 Å². The van der Waals surface area contributed by atoms with Crippen LogP contribution < -0.4 is 0 Å². The third-order valence-electron chi connectivity index (χ3n) is 4.39. The molecule has 0 bridgehead atoms. The molecule has 24 heavy (non-hydrogen) atoms. The molecule has 0 amide bonds. The summed E-state index contributed by atoms with van der Waals surface area (Å²) in [5.41, 5.74) is 1.20. The second-order valence-electron chi connectivity index (χ2n) is 5.84. The maximum absolute atomic E-state index is 13.0. The molecule has 0 radical (unpaired) electrons. The molecule has 0 spiro atoms. The van der Waals surface area contributed by atoms with Crippen molar-refractivity contribution in [1.29, 1.82) is 0 Å². The number of hydrogen-bond acceptors (Lipinski definition) is 2. The van der Waals surface area contributed by atoms with Crippen LogP contribution in [0.5, 0.6) is 0 Å². The number of alkyl halides is 3. The van der Waals surface area contributed by atoms with Gasteiger partial charge >= 0.3 is 6.18 Å². The first kappa shape index (κ1) is 16.4. The molecule has 5 heteroatoms. The summed E-state index contributed by atoms with van der Waals surface area (Å²) in [6, 6.07) is 14.4. The van der Waals surface area contributed by atoms with Gasteiger partial charge in [-0.25, -0.2) is 0 Å². The summed E-state index contributed by atoms with van der Waals surface area (Å²) >= 11 is 0. The summed E-state index contributed by atoms with van der Waals surface area (Å²) < 4.78 is 38.9. The van der Waals surface area contributed by atoms with E-state index in [0.29, 0.717) is 11.3 Å². The molecular weight excluding hydrogens is 315 g/mol. The highest BCUT2D eigenvalue weighted by Crippen LogP contribution is 2.40. The highest BCUT2D eigenvalue weighted by Gasteiger charge is 2.41. The number of Topliss-reactive ketones (excluding diaryl/α,β-unsaturated/α-hetero) is 1. The molecule has 0 aromatic heterocycles. The first-order valence-corrected chi connectivity index (χ1v) is 7.63. The first-order valence-electron chi connectivity index (χ1n) is 7.63. The number of halogens is 3. The Morgan fingerprint density at radius 3 is 2.29 bits per heavy atom. The van der Waals surface area contributed by atoms with E-state index in [0.717, 1.165) is 17.7 Å². The van der Waals surface area contributed by atoms with Gasteiger partial charge in [-0.2, -0.15) is 13.2 Å². The van der Waals surface area contributed by atoms with Crippen molar-refractivity contribution in [2.75, 3.05) is 7.05 Å². The standard InChI is InChI=1S/C19H16F3NO/c1-23-18-15(12-6-3-2-4-7-12)11-16(24)17(18)13-8-5-9-14(10-13)19(20,21)22/h2-10,15,17H,11H2,1H3. The molecule has 1 aliphatic rings. The molecule has 1 fully saturated rings. The molecule has 1 saturated carbocycles. The predicted octanol–water partition coefficient (Wildman–Crippen LogP) is 4.62. The number of rotatable bonds is 2. The molecule has 0 heterocycles. The lowest BCUT2D eigenvalue weighted by Crippen LogP contribution is -2.16. The van der Waals surface area contributed by atoms with Gasteiger partial charge in [-0.15, -0.1) is 0 Å². The van der Waals surface area contributed by atoms with Crippen molar-refractivity contribution < 1.29 is 18.0 Å². The van der Waals surface area contributed by atoms with Crippen molar-refractivity contribution in [3.05, 3.63) is 71.3 Å². The van der Waals surface area contributed by atoms with Gasteiger partial charge in [0.2, 0.25) is 0 Å². The van der Waals surface area contributed by atoms with E-state index < -0.39 is 17.7 Å². The lowest BCUT2D eigenvalue weighted by atomic mass is 9.90. The lowest BCUT2D eigenvalue weighted by molar-refractivity contribution is -0.137. The molecular formula is C19H16F3NO. The molecule has 2 atom stereocenters. The van der Waals surface area contributed by atoms with E-state index in [9.17, 15) is 18.0 Å². The SMILES string of the molecule is CN=C1C(c2ccccc2)CC(=O)C1c1cccc(C(F)(F)F)c1. The van der Waals surface area contributed by atoms with Gasteiger partial charge in [0, 0.05) is 25.1 Å². The number of nitrogens with zero attached hydrogens (tertiary/aromatic N) is 1. The quantitative estimate of drug-likeness (QED) is 0.790. The van der Waals surface area contributed by atoms with Crippen molar-refractivity contribution in [3.8, 4) is 0 Å². The van der Waals surface area contributed by atoms with Gasteiger partial charge < -0.3 is 0 Å². The van der Waals surface area contributed by atoms with Gasteiger partial charge in [0.05, 0.1) is 11.5 Å². The van der Waals surface area contributed by atoms with Crippen molar-refractivity contribution in [2.45, 2.75) is 24.4 Å². The van der Waals surface area contributed by atoms with Crippen molar-refractivity contribution in [1.82, 2.24) is 0 Å². The summed E-state index contributed by atoms with van der Waals surface area (Å²) in [6.07, 6.45) is -4.17. The monoisotopic (exact) mass is 331 g/mol. The van der Waals surface area contributed by atoms with E-state index in [1.54, 1.807) is 13.1 Å². The Bertz CT molecular complexity index is 781. The van der Waals surface area contributed by atoms with E-state index >= 15 is 0 Å². The van der Waals surface area contributed by atoms with Gasteiger partial charge in [-0.3, -0.25) is 9.79 Å². The highest BCUT2D eigenvalue weighted by atomic mass is 19.4. The van der Waals surface area contributed by atoms with Crippen LogP contribution in [0.4, 0.5) is 13.2 Å². The number of carbonyl (C=O) groups is 1. The van der Waals surface area contributed by atoms with E-state index in [4.69, 9.17) is 0 Å². The van der Waals surface area contributed by atoms with Gasteiger partial charge in [0.15, 0.2) is 0 Å². The number of hydrogen-bond donors (Lipinski definition) is 0. The van der Waals surface area contributed by atoms with E-state index in [2.05, 4.69) is 4.99 Å². The van der Waals surface area contributed by atoms with Crippen molar-refractivity contribution in [2.24, 2.45) is 4.99 Å². The Morgan fingerprint density at radius 1 is 1.00 bits per heavy atom. The van der Waals surface area contributed by atoms with Crippen molar-refractivity contribution >= 4 is 11.5 Å². The van der Waals surface area contributed by atoms with Crippen LogP contribution in [-0.4, -0.2) is 18.5 Å².